The Morgan fingerprint density at radius 3 is 2.64 bits per heavy atom. The normalized spacial score (nSPS) is 15.1. The van der Waals surface area contributed by atoms with Gasteiger partial charge in [0.25, 0.3) is 0 Å². The summed E-state index contributed by atoms with van der Waals surface area (Å²) in [5.41, 5.74) is 4.32. The topological polar surface area (TPSA) is 79.8 Å². The predicted molar refractivity (Wildman–Crippen MR) is 97.7 cm³/mol. The van der Waals surface area contributed by atoms with Gasteiger partial charge in [-0.2, -0.15) is 5.10 Å². The molecule has 6 heteroatoms. The Kier molecular flexibility index (Phi) is 7.44. The minimum atomic E-state index is -0.269. The van der Waals surface area contributed by atoms with Gasteiger partial charge >= 0.3 is 0 Å². The molecule has 0 atom stereocenters. The minimum absolute atomic E-state index is 0.0608. The Hall–Kier alpha value is -2.37. The first-order valence-electron chi connectivity index (χ1n) is 8.84. The Bertz CT molecular complexity index is 622. The third-order valence-corrected chi connectivity index (χ3v) is 4.38. The van der Waals surface area contributed by atoms with Crippen LogP contribution in [0.3, 0.4) is 0 Å². The number of nitrogens with zero attached hydrogens (tertiary/aromatic N) is 1. The number of carbonyl (C=O) groups is 2. The van der Waals surface area contributed by atoms with Crippen molar-refractivity contribution in [2.75, 3.05) is 7.11 Å². The standard InChI is InChI=1S/C19H27N3O3/c1-14-8-9-15(12-17(14)25-2)13-20-22-19(24)11-10-18(23)21-16-6-4-3-5-7-16/h8-9,12-13,16H,3-7,10-11H2,1-2H3,(H,21,23)(H,22,24). The quantitative estimate of drug-likeness (QED) is 0.589. The Morgan fingerprint density at radius 1 is 1.20 bits per heavy atom. The van der Waals surface area contributed by atoms with Crippen molar-refractivity contribution >= 4 is 18.0 Å². The highest BCUT2D eigenvalue weighted by atomic mass is 16.5. The van der Waals surface area contributed by atoms with E-state index in [1.54, 1.807) is 13.3 Å². The second-order valence-corrected chi connectivity index (χ2v) is 6.42. The highest BCUT2D eigenvalue weighted by molar-refractivity contribution is 5.85. The summed E-state index contributed by atoms with van der Waals surface area (Å²) < 4.78 is 5.25. The summed E-state index contributed by atoms with van der Waals surface area (Å²) in [6, 6.07) is 5.95. The fraction of sp³-hybridized carbons (Fsp3) is 0.526. The number of amides is 2. The Balaban J connectivity index is 1.70. The molecule has 1 aromatic rings. The molecule has 0 aromatic heterocycles. The van der Waals surface area contributed by atoms with Gasteiger partial charge in [-0.15, -0.1) is 0 Å². The average molecular weight is 345 g/mol. The number of carbonyl (C=O) groups excluding carboxylic acids is 2. The van der Waals surface area contributed by atoms with Gasteiger partial charge in [0.1, 0.15) is 5.75 Å². The highest BCUT2D eigenvalue weighted by Gasteiger charge is 2.16. The van der Waals surface area contributed by atoms with Crippen LogP contribution in [0.4, 0.5) is 0 Å². The first-order valence-corrected chi connectivity index (χ1v) is 8.84. The minimum Gasteiger partial charge on any atom is -0.496 e. The van der Waals surface area contributed by atoms with E-state index in [1.807, 2.05) is 25.1 Å². The lowest BCUT2D eigenvalue weighted by Gasteiger charge is -2.22. The van der Waals surface area contributed by atoms with Crippen molar-refractivity contribution < 1.29 is 14.3 Å². The Morgan fingerprint density at radius 2 is 1.92 bits per heavy atom. The number of rotatable bonds is 7. The molecule has 0 heterocycles. The molecule has 25 heavy (non-hydrogen) atoms. The summed E-state index contributed by atoms with van der Waals surface area (Å²) in [6.07, 6.45) is 7.56. The number of ether oxygens (including phenoxy) is 1. The molecular formula is C19H27N3O3. The molecule has 0 aliphatic heterocycles. The number of nitrogens with one attached hydrogen (secondary N) is 2. The second-order valence-electron chi connectivity index (χ2n) is 6.42. The van der Waals surface area contributed by atoms with Crippen molar-refractivity contribution in [2.24, 2.45) is 5.10 Å². The van der Waals surface area contributed by atoms with Crippen molar-refractivity contribution in [2.45, 2.75) is 57.9 Å². The van der Waals surface area contributed by atoms with Crippen LogP contribution in [0.25, 0.3) is 0 Å². The highest BCUT2D eigenvalue weighted by Crippen LogP contribution is 2.18. The molecule has 1 aliphatic carbocycles. The lowest BCUT2D eigenvalue weighted by Crippen LogP contribution is -2.36. The van der Waals surface area contributed by atoms with E-state index in [2.05, 4.69) is 15.8 Å². The second kappa shape index (κ2) is 9.81. The molecule has 0 radical (unpaired) electrons. The van der Waals surface area contributed by atoms with Crippen LogP contribution >= 0.6 is 0 Å². The summed E-state index contributed by atoms with van der Waals surface area (Å²) in [6.45, 7) is 1.96. The Labute approximate surface area is 149 Å². The first-order chi connectivity index (χ1) is 12.1. The van der Waals surface area contributed by atoms with Gasteiger partial charge in [0.2, 0.25) is 11.8 Å². The maximum atomic E-state index is 11.9. The van der Waals surface area contributed by atoms with Crippen LogP contribution in [-0.4, -0.2) is 31.2 Å². The van der Waals surface area contributed by atoms with Crippen molar-refractivity contribution in [3.63, 3.8) is 0 Å². The van der Waals surface area contributed by atoms with Gasteiger partial charge in [-0.05, 0) is 37.0 Å². The largest absolute Gasteiger partial charge is 0.496 e. The van der Waals surface area contributed by atoms with E-state index in [-0.39, 0.29) is 30.7 Å². The summed E-state index contributed by atoms with van der Waals surface area (Å²) in [5.74, 6) is 0.443. The van der Waals surface area contributed by atoms with Crippen LogP contribution in [0.5, 0.6) is 5.75 Å². The fourth-order valence-corrected chi connectivity index (χ4v) is 2.93. The number of methoxy groups -OCH3 is 1. The number of hydrogen-bond donors (Lipinski definition) is 2. The van der Waals surface area contributed by atoms with E-state index in [1.165, 1.54) is 19.3 Å². The molecular weight excluding hydrogens is 318 g/mol. The molecule has 1 aromatic carbocycles. The molecule has 0 saturated heterocycles. The molecule has 0 spiro atoms. The zero-order valence-electron chi connectivity index (χ0n) is 15.0. The third-order valence-electron chi connectivity index (χ3n) is 4.38. The fourth-order valence-electron chi connectivity index (χ4n) is 2.93. The van der Waals surface area contributed by atoms with Crippen LogP contribution in [-0.2, 0) is 9.59 Å². The van der Waals surface area contributed by atoms with Crippen molar-refractivity contribution in [3.05, 3.63) is 29.3 Å². The smallest absolute Gasteiger partial charge is 0.240 e. The van der Waals surface area contributed by atoms with Gasteiger partial charge in [0.05, 0.1) is 13.3 Å². The van der Waals surface area contributed by atoms with E-state index in [0.29, 0.717) is 0 Å². The van der Waals surface area contributed by atoms with Crippen LogP contribution in [0, 0.1) is 6.92 Å². The van der Waals surface area contributed by atoms with Gasteiger partial charge in [-0.1, -0.05) is 31.4 Å². The van der Waals surface area contributed by atoms with Gasteiger partial charge < -0.3 is 10.1 Å². The maximum Gasteiger partial charge on any atom is 0.240 e. The van der Waals surface area contributed by atoms with Crippen molar-refractivity contribution in [3.8, 4) is 5.75 Å². The third kappa shape index (κ3) is 6.57. The number of benzene rings is 1. The number of aryl methyl sites for hydroxylation is 1. The van der Waals surface area contributed by atoms with Gasteiger partial charge in [-0.25, -0.2) is 5.43 Å². The molecule has 1 aliphatic rings. The first kappa shape index (κ1) is 19.0. The average Bonchev–Trinajstić information content (AvgIpc) is 2.62. The molecule has 6 nitrogen and oxygen atoms in total. The van der Waals surface area contributed by atoms with E-state index in [4.69, 9.17) is 4.74 Å². The zero-order chi connectivity index (χ0) is 18.1. The molecule has 2 amide bonds. The van der Waals surface area contributed by atoms with E-state index >= 15 is 0 Å². The van der Waals surface area contributed by atoms with Crippen molar-refractivity contribution in [1.82, 2.24) is 10.7 Å². The monoisotopic (exact) mass is 345 g/mol. The molecule has 1 saturated carbocycles. The van der Waals surface area contributed by atoms with Crippen LogP contribution in [0.1, 0.15) is 56.1 Å². The SMILES string of the molecule is COc1cc(C=NNC(=O)CCC(=O)NC2CCCCC2)ccc1C. The van der Waals surface area contributed by atoms with Crippen molar-refractivity contribution in [1.29, 1.82) is 0 Å². The summed E-state index contributed by atoms with van der Waals surface area (Å²) in [5, 5.41) is 6.93. The molecule has 0 bridgehead atoms. The summed E-state index contributed by atoms with van der Waals surface area (Å²) >= 11 is 0. The summed E-state index contributed by atoms with van der Waals surface area (Å²) in [7, 11) is 1.61. The number of hydrazone groups is 1. The van der Waals surface area contributed by atoms with E-state index in [0.717, 1.165) is 29.7 Å². The van der Waals surface area contributed by atoms with Crippen LogP contribution in [0.2, 0.25) is 0 Å². The summed E-state index contributed by atoms with van der Waals surface area (Å²) in [4.78, 5) is 23.6. The lowest BCUT2D eigenvalue weighted by atomic mass is 9.95. The molecule has 2 rings (SSSR count). The van der Waals surface area contributed by atoms with Gasteiger partial charge in [0, 0.05) is 18.9 Å². The molecule has 1 fully saturated rings. The van der Waals surface area contributed by atoms with Gasteiger partial charge in [-0.3, -0.25) is 9.59 Å². The van der Waals surface area contributed by atoms with E-state index in [9.17, 15) is 9.59 Å². The lowest BCUT2D eigenvalue weighted by molar-refractivity contribution is -0.126. The zero-order valence-corrected chi connectivity index (χ0v) is 15.0. The van der Waals surface area contributed by atoms with E-state index < -0.39 is 0 Å². The predicted octanol–water partition coefficient (Wildman–Crippen LogP) is 2.68. The maximum absolute atomic E-state index is 11.9. The molecule has 0 unspecified atom stereocenters. The van der Waals surface area contributed by atoms with Crippen LogP contribution < -0.4 is 15.5 Å². The van der Waals surface area contributed by atoms with Gasteiger partial charge in [0.15, 0.2) is 0 Å². The van der Waals surface area contributed by atoms with Crippen LogP contribution in [0.15, 0.2) is 23.3 Å². The molecule has 136 valence electrons. The number of hydrogen-bond acceptors (Lipinski definition) is 4. The molecule has 2 N–H and O–H groups in total.